The van der Waals surface area contributed by atoms with Gasteiger partial charge in [-0.3, -0.25) is 10.1 Å². The number of rotatable bonds is 4. The van der Waals surface area contributed by atoms with Gasteiger partial charge in [0.1, 0.15) is 0 Å². The summed E-state index contributed by atoms with van der Waals surface area (Å²) in [6.45, 7) is -0.317. The Bertz CT molecular complexity index is 393. The standard InChI is InChI=1S/C10H15N3O3/c1-12(2)7-3-4-8(9(11)6-14)10(5-7)13(15)16/h3-5,9,14H,6,11H2,1-2H3/t9-/m0/s1. The molecule has 0 spiro atoms. The summed E-state index contributed by atoms with van der Waals surface area (Å²) in [5, 5.41) is 19.8. The van der Waals surface area contributed by atoms with Gasteiger partial charge in [0, 0.05) is 31.4 Å². The van der Waals surface area contributed by atoms with Gasteiger partial charge in [0.2, 0.25) is 0 Å². The van der Waals surface area contributed by atoms with Gasteiger partial charge >= 0.3 is 0 Å². The fourth-order valence-corrected chi connectivity index (χ4v) is 1.38. The Hall–Kier alpha value is -1.66. The number of hydrogen-bond donors (Lipinski definition) is 2. The third-order valence-corrected chi connectivity index (χ3v) is 2.32. The summed E-state index contributed by atoms with van der Waals surface area (Å²) >= 11 is 0. The summed E-state index contributed by atoms with van der Waals surface area (Å²) in [6, 6.07) is 4.04. The van der Waals surface area contributed by atoms with Crippen LogP contribution in [-0.2, 0) is 0 Å². The van der Waals surface area contributed by atoms with Gasteiger partial charge in [0.15, 0.2) is 0 Å². The minimum atomic E-state index is -0.725. The van der Waals surface area contributed by atoms with Gasteiger partial charge in [0.05, 0.1) is 17.6 Å². The summed E-state index contributed by atoms with van der Waals surface area (Å²) in [5.41, 5.74) is 6.60. The number of nitrogens with two attached hydrogens (primary N) is 1. The van der Waals surface area contributed by atoms with Gasteiger partial charge in [-0.25, -0.2) is 0 Å². The van der Waals surface area contributed by atoms with Crippen LogP contribution in [0.25, 0.3) is 0 Å². The molecule has 1 rings (SSSR count). The lowest BCUT2D eigenvalue weighted by atomic mass is 10.1. The minimum Gasteiger partial charge on any atom is -0.394 e. The van der Waals surface area contributed by atoms with Crippen LogP contribution >= 0.6 is 0 Å². The molecule has 0 aliphatic rings. The maximum Gasteiger partial charge on any atom is 0.276 e. The number of benzene rings is 1. The van der Waals surface area contributed by atoms with Crippen LogP contribution in [0.15, 0.2) is 18.2 Å². The minimum absolute atomic E-state index is 0.0623. The van der Waals surface area contributed by atoms with Crippen molar-refractivity contribution in [2.45, 2.75) is 6.04 Å². The molecule has 0 aliphatic carbocycles. The van der Waals surface area contributed by atoms with E-state index in [-0.39, 0.29) is 12.3 Å². The van der Waals surface area contributed by atoms with E-state index in [1.807, 2.05) is 0 Å². The lowest BCUT2D eigenvalue weighted by molar-refractivity contribution is -0.385. The molecule has 0 amide bonds. The first kappa shape index (κ1) is 12.4. The molecule has 3 N–H and O–H groups in total. The third kappa shape index (κ3) is 2.47. The average Bonchev–Trinajstić information content (AvgIpc) is 2.26. The van der Waals surface area contributed by atoms with Crippen molar-refractivity contribution in [1.82, 2.24) is 0 Å². The van der Waals surface area contributed by atoms with Crippen LogP contribution in [0.2, 0.25) is 0 Å². The van der Waals surface area contributed by atoms with E-state index >= 15 is 0 Å². The molecule has 0 saturated heterocycles. The molecule has 0 fully saturated rings. The molecule has 0 aliphatic heterocycles. The Morgan fingerprint density at radius 2 is 2.19 bits per heavy atom. The summed E-state index contributed by atoms with van der Waals surface area (Å²) in [7, 11) is 3.59. The van der Waals surface area contributed by atoms with Crippen molar-refractivity contribution in [3.63, 3.8) is 0 Å². The number of hydrogen-bond acceptors (Lipinski definition) is 5. The van der Waals surface area contributed by atoms with Crippen LogP contribution in [0.4, 0.5) is 11.4 Å². The number of nitrogens with zero attached hydrogens (tertiary/aromatic N) is 2. The van der Waals surface area contributed by atoms with E-state index in [4.69, 9.17) is 10.8 Å². The highest BCUT2D eigenvalue weighted by atomic mass is 16.6. The highest BCUT2D eigenvalue weighted by Crippen LogP contribution is 2.28. The second-order valence-electron chi connectivity index (χ2n) is 3.68. The highest BCUT2D eigenvalue weighted by Gasteiger charge is 2.19. The van der Waals surface area contributed by atoms with Crippen molar-refractivity contribution in [3.05, 3.63) is 33.9 Å². The Labute approximate surface area is 93.4 Å². The van der Waals surface area contributed by atoms with Crippen molar-refractivity contribution >= 4 is 11.4 Å². The molecular weight excluding hydrogens is 210 g/mol. The first-order chi connectivity index (χ1) is 7.47. The molecule has 6 nitrogen and oxygen atoms in total. The Kier molecular flexibility index (Phi) is 3.81. The Morgan fingerprint density at radius 1 is 1.56 bits per heavy atom. The maximum atomic E-state index is 10.9. The average molecular weight is 225 g/mol. The van der Waals surface area contributed by atoms with E-state index in [1.165, 1.54) is 6.07 Å². The van der Waals surface area contributed by atoms with Gasteiger partial charge in [-0.05, 0) is 12.1 Å². The molecule has 16 heavy (non-hydrogen) atoms. The quantitative estimate of drug-likeness (QED) is 0.579. The molecule has 0 heterocycles. The number of nitro benzene ring substituents is 1. The molecule has 0 radical (unpaired) electrons. The van der Waals surface area contributed by atoms with Crippen LogP contribution in [0.1, 0.15) is 11.6 Å². The van der Waals surface area contributed by atoms with Gasteiger partial charge in [-0.2, -0.15) is 0 Å². The van der Waals surface area contributed by atoms with Crippen molar-refractivity contribution in [2.24, 2.45) is 5.73 Å². The lowest BCUT2D eigenvalue weighted by Crippen LogP contribution is -2.17. The van der Waals surface area contributed by atoms with Crippen molar-refractivity contribution < 1.29 is 10.0 Å². The summed E-state index contributed by atoms with van der Waals surface area (Å²) in [6.07, 6.45) is 0. The SMILES string of the molecule is CN(C)c1ccc([C@@H](N)CO)c([N+](=O)[O-])c1. The second kappa shape index (κ2) is 4.91. The van der Waals surface area contributed by atoms with E-state index in [0.717, 1.165) is 5.69 Å². The number of anilines is 1. The predicted octanol–water partition coefficient (Wildman–Crippen LogP) is 0.653. The van der Waals surface area contributed by atoms with E-state index in [2.05, 4.69) is 0 Å². The molecule has 88 valence electrons. The van der Waals surface area contributed by atoms with E-state index in [0.29, 0.717) is 5.56 Å². The molecule has 0 saturated carbocycles. The lowest BCUT2D eigenvalue weighted by Gasteiger charge is -2.15. The highest BCUT2D eigenvalue weighted by molar-refractivity contribution is 5.57. The zero-order valence-corrected chi connectivity index (χ0v) is 9.25. The normalized spacial score (nSPS) is 12.2. The number of aliphatic hydroxyl groups is 1. The van der Waals surface area contributed by atoms with Crippen molar-refractivity contribution in [1.29, 1.82) is 0 Å². The zero-order valence-electron chi connectivity index (χ0n) is 9.25. The molecule has 1 aromatic carbocycles. The summed E-state index contributed by atoms with van der Waals surface area (Å²) in [5.74, 6) is 0. The van der Waals surface area contributed by atoms with Crippen LogP contribution in [0.3, 0.4) is 0 Å². The molecule has 0 bridgehead atoms. The first-order valence-corrected chi connectivity index (χ1v) is 4.79. The molecule has 0 aromatic heterocycles. The van der Waals surface area contributed by atoms with Gasteiger partial charge in [0.25, 0.3) is 5.69 Å². The van der Waals surface area contributed by atoms with Crippen molar-refractivity contribution in [3.8, 4) is 0 Å². The Morgan fingerprint density at radius 3 is 2.62 bits per heavy atom. The number of nitro groups is 1. The molecule has 1 atom stereocenters. The predicted molar refractivity (Wildman–Crippen MR) is 61.4 cm³/mol. The Balaban J connectivity index is 3.25. The fourth-order valence-electron chi connectivity index (χ4n) is 1.38. The summed E-state index contributed by atoms with van der Waals surface area (Å²) < 4.78 is 0. The van der Waals surface area contributed by atoms with Gasteiger partial charge in [-0.15, -0.1) is 0 Å². The van der Waals surface area contributed by atoms with Crippen LogP contribution in [0.5, 0.6) is 0 Å². The third-order valence-electron chi connectivity index (χ3n) is 2.32. The molecular formula is C10H15N3O3. The van der Waals surface area contributed by atoms with E-state index in [1.54, 1.807) is 31.1 Å². The van der Waals surface area contributed by atoms with Crippen LogP contribution in [-0.4, -0.2) is 30.7 Å². The topological polar surface area (TPSA) is 92.6 Å². The van der Waals surface area contributed by atoms with Crippen LogP contribution in [0, 0.1) is 10.1 Å². The molecule has 6 heteroatoms. The fraction of sp³-hybridized carbons (Fsp3) is 0.400. The van der Waals surface area contributed by atoms with E-state index in [9.17, 15) is 10.1 Å². The largest absolute Gasteiger partial charge is 0.394 e. The first-order valence-electron chi connectivity index (χ1n) is 4.79. The van der Waals surface area contributed by atoms with Gasteiger partial charge < -0.3 is 15.7 Å². The number of aliphatic hydroxyl groups excluding tert-OH is 1. The molecule has 1 aromatic rings. The summed E-state index contributed by atoms with van der Waals surface area (Å²) in [4.78, 5) is 12.1. The second-order valence-corrected chi connectivity index (χ2v) is 3.68. The maximum absolute atomic E-state index is 10.9. The van der Waals surface area contributed by atoms with E-state index < -0.39 is 11.0 Å². The zero-order chi connectivity index (χ0) is 12.3. The monoisotopic (exact) mass is 225 g/mol. The van der Waals surface area contributed by atoms with Gasteiger partial charge in [-0.1, -0.05) is 0 Å². The van der Waals surface area contributed by atoms with Crippen molar-refractivity contribution in [2.75, 3.05) is 25.6 Å². The smallest absolute Gasteiger partial charge is 0.276 e. The molecule has 0 unspecified atom stereocenters. The van der Waals surface area contributed by atoms with Crippen LogP contribution < -0.4 is 10.6 Å².